The molecule has 1 atom stereocenters. The van der Waals surface area contributed by atoms with Gasteiger partial charge in [-0.25, -0.2) is 4.68 Å². The minimum atomic E-state index is -0.169. The molecule has 1 fully saturated rings. The Morgan fingerprint density at radius 2 is 2.08 bits per heavy atom. The molecule has 1 unspecified atom stereocenters. The number of hydrogen-bond acceptors (Lipinski definition) is 5. The van der Waals surface area contributed by atoms with Crippen LogP contribution in [0.4, 0.5) is 5.95 Å². The van der Waals surface area contributed by atoms with E-state index in [1.54, 1.807) is 4.68 Å². The number of ether oxygens (including phenoxy) is 1. The minimum Gasteiger partial charge on any atom is -0.494 e. The molecule has 2 N–H and O–H groups in total. The summed E-state index contributed by atoms with van der Waals surface area (Å²) < 4.78 is 7.32. The number of hydrogen-bond donors (Lipinski definition) is 2. The van der Waals surface area contributed by atoms with Gasteiger partial charge < -0.3 is 10.1 Å². The molecule has 2 aromatic rings. The molecule has 0 spiro atoms. The third kappa shape index (κ3) is 4.82. The largest absolute Gasteiger partial charge is 0.494 e. The summed E-state index contributed by atoms with van der Waals surface area (Å²) in [5, 5.41) is 10.7. The van der Waals surface area contributed by atoms with Gasteiger partial charge in [0, 0.05) is 18.9 Å². The molecule has 3 rings (SSSR count). The fourth-order valence-corrected chi connectivity index (χ4v) is 3.00. The topological polar surface area (TPSA) is 81.1 Å². The molecule has 7 heteroatoms. The molecule has 26 heavy (non-hydrogen) atoms. The van der Waals surface area contributed by atoms with Crippen molar-refractivity contribution in [1.82, 2.24) is 20.1 Å². The molecule has 1 aliphatic rings. The molecule has 7 nitrogen and oxygen atoms in total. The van der Waals surface area contributed by atoms with Crippen LogP contribution in [-0.4, -0.2) is 40.4 Å². The summed E-state index contributed by atoms with van der Waals surface area (Å²) in [7, 11) is 1.82. The predicted molar refractivity (Wildman–Crippen MR) is 100 cm³/mol. The number of anilines is 1. The van der Waals surface area contributed by atoms with E-state index in [2.05, 4.69) is 20.7 Å². The second-order valence-corrected chi connectivity index (χ2v) is 6.78. The third-order valence-corrected chi connectivity index (χ3v) is 4.73. The quantitative estimate of drug-likeness (QED) is 0.795. The Hall–Kier alpha value is -2.41. The van der Waals surface area contributed by atoms with Crippen molar-refractivity contribution in [3.05, 3.63) is 36.2 Å². The number of amides is 1. The van der Waals surface area contributed by atoms with Gasteiger partial charge in [-0.2, -0.15) is 10.1 Å². The van der Waals surface area contributed by atoms with Gasteiger partial charge in [-0.05, 0) is 44.5 Å². The van der Waals surface area contributed by atoms with Crippen molar-refractivity contribution in [3.63, 3.8) is 0 Å². The van der Waals surface area contributed by atoms with E-state index < -0.39 is 0 Å². The number of rotatable bonds is 7. The summed E-state index contributed by atoms with van der Waals surface area (Å²) in [5.74, 6) is 2.29. The van der Waals surface area contributed by atoms with Crippen LogP contribution in [0.15, 0.2) is 30.3 Å². The Labute approximate surface area is 154 Å². The van der Waals surface area contributed by atoms with Crippen LogP contribution in [-0.2, 0) is 11.8 Å². The van der Waals surface area contributed by atoms with Crippen molar-refractivity contribution >= 4 is 11.9 Å². The third-order valence-electron chi connectivity index (χ3n) is 4.73. The average Bonchev–Trinajstić information content (AvgIpc) is 3.03. The summed E-state index contributed by atoms with van der Waals surface area (Å²) in [6.07, 6.45) is 2.70. The zero-order chi connectivity index (χ0) is 18.4. The molecule has 2 heterocycles. The Morgan fingerprint density at radius 1 is 1.35 bits per heavy atom. The molecule has 1 aromatic carbocycles. The van der Waals surface area contributed by atoms with Gasteiger partial charge in [-0.3, -0.25) is 10.1 Å². The van der Waals surface area contributed by atoms with Crippen LogP contribution < -0.4 is 15.4 Å². The van der Waals surface area contributed by atoms with Crippen LogP contribution in [0.2, 0.25) is 0 Å². The molecule has 0 radical (unpaired) electrons. The van der Waals surface area contributed by atoms with Gasteiger partial charge in [0.05, 0.1) is 6.61 Å². The number of nitrogens with one attached hydrogen (secondary N) is 2. The Bertz CT molecular complexity index is 710. The monoisotopic (exact) mass is 357 g/mol. The molecule has 1 aromatic heterocycles. The first-order valence-corrected chi connectivity index (χ1v) is 9.24. The van der Waals surface area contributed by atoms with Gasteiger partial charge in [0.1, 0.15) is 5.75 Å². The molecule has 1 saturated heterocycles. The number of para-hydroxylation sites is 1. The van der Waals surface area contributed by atoms with Crippen LogP contribution in [0, 0.1) is 5.92 Å². The SMILES string of the molecule is CC(CCOc1ccccc1)C(=O)Nc1nc(C2CCNCC2)nn1C. The maximum Gasteiger partial charge on any atom is 0.229 e. The molecule has 140 valence electrons. The fourth-order valence-electron chi connectivity index (χ4n) is 3.00. The zero-order valence-corrected chi connectivity index (χ0v) is 15.4. The van der Waals surface area contributed by atoms with Crippen LogP contribution in [0.3, 0.4) is 0 Å². The average molecular weight is 357 g/mol. The standard InChI is InChI=1S/C19H27N5O2/c1-14(10-13-26-16-6-4-3-5-7-16)18(25)22-19-21-17(23-24(19)2)15-8-11-20-12-9-15/h3-7,14-15,20H,8-13H2,1-2H3,(H,21,22,23,25). The smallest absolute Gasteiger partial charge is 0.229 e. The molecule has 0 aliphatic carbocycles. The number of carbonyl (C=O) groups excluding carboxylic acids is 1. The van der Waals surface area contributed by atoms with Crippen molar-refractivity contribution in [2.75, 3.05) is 25.0 Å². The van der Waals surface area contributed by atoms with Gasteiger partial charge >= 0.3 is 0 Å². The van der Waals surface area contributed by atoms with Crippen molar-refractivity contribution in [3.8, 4) is 5.75 Å². The molecular weight excluding hydrogens is 330 g/mol. The maximum atomic E-state index is 12.4. The highest BCUT2D eigenvalue weighted by Gasteiger charge is 2.22. The van der Waals surface area contributed by atoms with Gasteiger partial charge in [0.15, 0.2) is 5.82 Å². The summed E-state index contributed by atoms with van der Waals surface area (Å²) >= 11 is 0. The fraction of sp³-hybridized carbons (Fsp3) is 0.526. The number of carbonyl (C=O) groups is 1. The molecule has 0 bridgehead atoms. The van der Waals surface area contributed by atoms with E-state index in [1.807, 2.05) is 44.3 Å². The molecule has 0 saturated carbocycles. The molecule has 1 aliphatic heterocycles. The highest BCUT2D eigenvalue weighted by Crippen LogP contribution is 2.23. The summed E-state index contributed by atoms with van der Waals surface area (Å²) in [6.45, 7) is 4.37. The van der Waals surface area contributed by atoms with Crippen LogP contribution in [0.25, 0.3) is 0 Å². The van der Waals surface area contributed by atoms with E-state index >= 15 is 0 Å². The highest BCUT2D eigenvalue weighted by molar-refractivity contribution is 5.90. The molecule has 1 amide bonds. The van der Waals surface area contributed by atoms with Crippen LogP contribution in [0.1, 0.15) is 37.9 Å². The highest BCUT2D eigenvalue weighted by atomic mass is 16.5. The van der Waals surface area contributed by atoms with E-state index in [4.69, 9.17) is 4.74 Å². The lowest BCUT2D eigenvalue weighted by Gasteiger charge is -2.19. The normalized spacial score (nSPS) is 16.2. The minimum absolute atomic E-state index is 0.0611. The summed E-state index contributed by atoms with van der Waals surface area (Å²) in [4.78, 5) is 17.0. The Kier molecular flexibility index (Phi) is 6.22. The summed E-state index contributed by atoms with van der Waals surface area (Å²) in [6, 6.07) is 9.63. The Morgan fingerprint density at radius 3 is 2.81 bits per heavy atom. The lowest BCUT2D eigenvalue weighted by molar-refractivity contribution is -0.119. The summed E-state index contributed by atoms with van der Waals surface area (Å²) in [5.41, 5.74) is 0. The van der Waals surface area contributed by atoms with E-state index in [1.165, 1.54) is 0 Å². The second kappa shape index (κ2) is 8.80. The number of nitrogens with zero attached hydrogens (tertiary/aromatic N) is 3. The lowest BCUT2D eigenvalue weighted by Crippen LogP contribution is -2.27. The first-order valence-electron chi connectivity index (χ1n) is 9.24. The van der Waals surface area contributed by atoms with Gasteiger partial charge in [0.2, 0.25) is 11.9 Å². The predicted octanol–water partition coefficient (Wildman–Crippen LogP) is 2.33. The first kappa shape index (κ1) is 18.4. The van der Waals surface area contributed by atoms with Gasteiger partial charge in [-0.15, -0.1) is 0 Å². The lowest BCUT2D eigenvalue weighted by atomic mass is 9.98. The van der Waals surface area contributed by atoms with Crippen LogP contribution >= 0.6 is 0 Å². The molecular formula is C19H27N5O2. The van der Waals surface area contributed by atoms with E-state index in [9.17, 15) is 4.79 Å². The zero-order valence-electron chi connectivity index (χ0n) is 15.4. The van der Waals surface area contributed by atoms with Crippen LogP contribution in [0.5, 0.6) is 5.75 Å². The number of aryl methyl sites for hydroxylation is 1. The van der Waals surface area contributed by atoms with Crippen molar-refractivity contribution < 1.29 is 9.53 Å². The number of aromatic nitrogens is 3. The van der Waals surface area contributed by atoms with Gasteiger partial charge in [0.25, 0.3) is 0 Å². The first-order chi connectivity index (χ1) is 12.6. The van der Waals surface area contributed by atoms with Gasteiger partial charge in [-0.1, -0.05) is 25.1 Å². The number of piperidine rings is 1. The number of benzene rings is 1. The maximum absolute atomic E-state index is 12.4. The van der Waals surface area contributed by atoms with E-state index in [-0.39, 0.29) is 11.8 Å². The van der Waals surface area contributed by atoms with Crippen molar-refractivity contribution in [1.29, 1.82) is 0 Å². The van der Waals surface area contributed by atoms with Crippen molar-refractivity contribution in [2.24, 2.45) is 13.0 Å². The Balaban J connectivity index is 1.49. The van der Waals surface area contributed by atoms with E-state index in [0.717, 1.165) is 37.5 Å². The van der Waals surface area contributed by atoms with E-state index in [0.29, 0.717) is 24.9 Å². The second-order valence-electron chi connectivity index (χ2n) is 6.78. The van der Waals surface area contributed by atoms with Crippen molar-refractivity contribution in [2.45, 2.75) is 32.1 Å².